The number of aryl methyl sites for hydroxylation is 1. The highest BCUT2D eigenvalue weighted by atomic mass is 32.1. The Morgan fingerprint density at radius 1 is 0.944 bits per heavy atom. The van der Waals surface area contributed by atoms with Gasteiger partial charge in [0, 0.05) is 25.0 Å². The summed E-state index contributed by atoms with van der Waals surface area (Å²) in [7, 11) is 0. The summed E-state index contributed by atoms with van der Waals surface area (Å²) in [6, 6.07) is 12.6. The summed E-state index contributed by atoms with van der Waals surface area (Å²) in [5, 5.41) is 4.93. The molecule has 2 saturated carbocycles. The van der Waals surface area contributed by atoms with Gasteiger partial charge in [-0.15, -0.1) is 11.3 Å². The molecule has 0 atom stereocenters. The zero-order chi connectivity index (χ0) is 24.7. The molecule has 0 unspecified atom stereocenters. The van der Waals surface area contributed by atoms with Gasteiger partial charge in [-0.3, -0.25) is 9.59 Å². The number of hydrogen-bond acceptors (Lipinski definition) is 4. The van der Waals surface area contributed by atoms with Crippen LogP contribution in [0.5, 0.6) is 0 Å². The van der Waals surface area contributed by atoms with Crippen LogP contribution in [0.25, 0.3) is 11.0 Å². The zero-order valence-electron chi connectivity index (χ0n) is 21.2. The number of carbonyl (C=O) groups excluding carboxylic acids is 2. The van der Waals surface area contributed by atoms with E-state index < -0.39 is 0 Å². The van der Waals surface area contributed by atoms with Crippen LogP contribution in [-0.4, -0.2) is 44.9 Å². The first-order valence-corrected chi connectivity index (χ1v) is 14.7. The second-order valence-corrected chi connectivity index (χ2v) is 11.3. The van der Waals surface area contributed by atoms with Gasteiger partial charge < -0.3 is 14.8 Å². The second kappa shape index (κ2) is 12.0. The fraction of sp³-hybridized carbons (Fsp3) is 0.552. The molecule has 0 bridgehead atoms. The predicted octanol–water partition coefficient (Wildman–Crippen LogP) is 5.95. The minimum absolute atomic E-state index is 0.0238. The van der Waals surface area contributed by atoms with Crippen molar-refractivity contribution in [2.75, 3.05) is 6.54 Å². The number of fused-ring (bicyclic) bond motifs is 1. The first kappa shape index (κ1) is 25.0. The molecule has 1 N–H and O–H groups in total. The Hall–Kier alpha value is -2.67. The number of benzene rings is 1. The summed E-state index contributed by atoms with van der Waals surface area (Å²) in [4.78, 5) is 34.2. The monoisotopic (exact) mass is 506 g/mol. The van der Waals surface area contributed by atoms with Gasteiger partial charge in [0.25, 0.3) is 5.91 Å². The van der Waals surface area contributed by atoms with Crippen LogP contribution >= 0.6 is 11.3 Å². The quantitative estimate of drug-likeness (QED) is 0.365. The first-order valence-electron chi connectivity index (χ1n) is 13.8. The van der Waals surface area contributed by atoms with Gasteiger partial charge in [0.05, 0.1) is 15.9 Å². The van der Waals surface area contributed by atoms with Gasteiger partial charge in [0.1, 0.15) is 12.4 Å². The van der Waals surface area contributed by atoms with Crippen LogP contribution in [-0.2, 0) is 17.8 Å². The maximum absolute atomic E-state index is 14.0. The lowest BCUT2D eigenvalue weighted by Gasteiger charge is -2.42. The number of para-hydroxylation sites is 2. The van der Waals surface area contributed by atoms with Crippen molar-refractivity contribution in [3.05, 3.63) is 52.5 Å². The Labute approximate surface area is 218 Å². The third kappa shape index (κ3) is 5.83. The van der Waals surface area contributed by atoms with Crippen molar-refractivity contribution in [3.8, 4) is 0 Å². The molecule has 3 aromatic rings. The van der Waals surface area contributed by atoms with Crippen molar-refractivity contribution >= 4 is 34.2 Å². The molecule has 6 nitrogen and oxygen atoms in total. The number of nitrogens with zero attached hydrogens (tertiary/aromatic N) is 3. The smallest absolute Gasteiger partial charge is 0.261 e. The summed E-state index contributed by atoms with van der Waals surface area (Å²) in [5.74, 6) is 1.16. The van der Waals surface area contributed by atoms with Crippen molar-refractivity contribution in [2.24, 2.45) is 0 Å². The van der Waals surface area contributed by atoms with Gasteiger partial charge in [-0.25, -0.2) is 4.98 Å². The molecule has 2 fully saturated rings. The van der Waals surface area contributed by atoms with E-state index in [-0.39, 0.29) is 11.8 Å². The Balaban J connectivity index is 1.31. The van der Waals surface area contributed by atoms with E-state index in [1.54, 1.807) is 0 Å². The summed E-state index contributed by atoms with van der Waals surface area (Å²) < 4.78 is 2.14. The molecule has 2 aliphatic rings. The Bertz CT molecular complexity index is 1130. The number of aromatic nitrogens is 2. The molecule has 5 rings (SSSR count). The topological polar surface area (TPSA) is 67.2 Å². The standard InChI is InChI=1S/C29H38N4O2S/c34-28(33(22-11-3-1-4-12-22)23-13-5-2-6-14-23)21-32-25-16-8-7-15-24(25)31-27(32)18-9-19-30-29(35)26-17-10-20-36-26/h7-8,10,15-17,20,22-23H,1-6,9,11-14,18-19,21H2,(H,30,35). The average Bonchev–Trinajstić information content (AvgIpc) is 3.57. The molecule has 0 spiro atoms. The van der Waals surface area contributed by atoms with E-state index in [0.29, 0.717) is 25.2 Å². The summed E-state index contributed by atoms with van der Waals surface area (Å²) in [6.07, 6.45) is 13.6. The van der Waals surface area contributed by atoms with E-state index in [0.717, 1.165) is 60.3 Å². The maximum Gasteiger partial charge on any atom is 0.261 e. The number of amides is 2. The third-order valence-electron chi connectivity index (χ3n) is 7.86. The zero-order valence-corrected chi connectivity index (χ0v) is 22.0. The molecule has 0 saturated heterocycles. The number of carbonyl (C=O) groups is 2. The van der Waals surface area contributed by atoms with Crippen LogP contribution in [0, 0.1) is 0 Å². The highest BCUT2D eigenvalue weighted by Gasteiger charge is 2.33. The van der Waals surface area contributed by atoms with Crippen LogP contribution in [0.2, 0.25) is 0 Å². The van der Waals surface area contributed by atoms with Crippen LogP contribution < -0.4 is 5.32 Å². The van der Waals surface area contributed by atoms with Crippen molar-refractivity contribution in [1.82, 2.24) is 19.8 Å². The van der Waals surface area contributed by atoms with E-state index in [1.807, 2.05) is 35.7 Å². The van der Waals surface area contributed by atoms with Gasteiger partial charge in [-0.2, -0.15) is 0 Å². The largest absolute Gasteiger partial charge is 0.351 e. The number of imidazole rings is 1. The predicted molar refractivity (Wildman–Crippen MR) is 145 cm³/mol. The molecular weight excluding hydrogens is 468 g/mol. The van der Waals surface area contributed by atoms with E-state index >= 15 is 0 Å². The Kier molecular flexibility index (Phi) is 8.36. The van der Waals surface area contributed by atoms with Crippen molar-refractivity contribution < 1.29 is 9.59 Å². The fourth-order valence-corrected chi connectivity index (χ4v) is 6.72. The number of thiophene rings is 1. The molecule has 192 valence electrons. The van der Waals surface area contributed by atoms with Gasteiger partial charge in [-0.05, 0) is 55.7 Å². The SMILES string of the molecule is O=C(NCCCc1nc2ccccc2n1CC(=O)N(C1CCCCC1)C1CCCCC1)c1cccs1. The van der Waals surface area contributed by atoms with Gasteiger partial charge >= 0.3 is 0 Å². The van der Waals surface area contributed by atoms with E-state index in [2.05, 4.69) is 20.9 Å². The van der Waals surface area contributed by atoms with Gasteiger partial charge in [0.2, 0.25) is 5.91 Å². The minimum atomic E-state index is -0.0238. The van der Waals surface area contributed by atoms with Crippen molar-refractivity contribution in [1.29, 1.82) is 0 Å². The van der Waals surface area contributed by atoms with Gasteiger partial charge in [0.15, 0.2) is 0 Å². The fourth-order valence-electron chi connectivity index (χ4n) is 6.08. The van der Waals surface area contributed by atoms with E-state index in [4.69, 9.17) is 4.98 Å². The summed E-state index contributed by atoms with van der Waals surface area (Å²) in [6.45, 7) is 0.939. The third-order valence-corrected chi connectivity index (χ3v) is 8.73. The van der Waals surface area contributed by atoms with Gasteiger partial charge in [-0.1, -0.05) is 56.7 Å². The molecule has 1 aromatic carbocycles. The van der Waals surface area contributed by atoms with Crippen LogP contribution in [0.4, 0.5) is 0 Å². The van der Waals surface area contributed by atoms with Crippen LogP contribution in [0.15, 0.2) is 41.8 Å². The molecule has 2 aromatic heterocycles. The lowest BCUT2D eigenvalue weighted by molar-refractivity contribution is -0.138. The van der Waals surface area contributed by atoms with Crippen LogP contribution in [0.3, 0.4) is 0 Å². The van der Waals surface area contributed by atoms with Crippen molar-refractivity contribution in [2.45, 2.75) is 95.7 Å². The molecule has 2 aliphatic carbocycles. The molecular formula is C29H38N4O2S. The summed E-state index contributed by atoms with van der Waals surface area (Å²) >= 11 is 1.45. The molecule has 2 heterocycles. The number of hydrogen-bond donors (Lipinski definition) is 1. The van der Waals surface area contributed by atoms with Crippen molar-refractivity contribution in [3.63, 3.8) is 0 Å². The van der Waals surface area contributed by atoms with E-state index in [9.17, 15) is 9.59 Å². The highest BCUT2D eigenvalue weighted by molar-refractivity contribution is 7.12. The normalized spacial score (nSPS) is 17.3. The average molecular weight is 507 g/mol. The molecule has 36 heavy (non-hydrogen) atoms. The lowest BCUT2D eigenvalue weighted by atomic mass is 9.88. The molecule has 0 radical (unpaired) electrons. The number of nitrogens with one attached hydrogen (secondary N) is 1. The lowest BCUT2D eigenvalue weighted by Crippen LogP contribution is -2.50. The molecule has 2 amide bonds. The molecule has 7 heteroatoms. The first-order chi connectivity index (χ1) is 17.7. The van der Waals surface area contributed by atoms with Crippen LogP contribution in [0.1, 0.15) is 86.1 Å². The second-order valence-electron chi connectivity index (χ2n) is 10.3. The summed E-state index contributed by atoms with van der Waals surface area (Å²) in [5.41, 5.74) is 1.96. The highest BCUT2D eigenvalue weighted by Crippen LogP contribution is 2.31. The van der Waals surface area contributed by atoms with E-state index in [1.165, 1.54) is 49.9 Å². The number of rotatable bonds is 9. The maximum atomic E-state index is 14.0. The minimum Gasteiger partial charge on any atom is -0.351 e. The Morgan fingerprint density at radius 2 is 1.64 bits per heavy atom. The molecule has 0 aliphatic heterocycles. The Morgan fingerprint density at radius 3 is 2.31 bits per heavy atom.